The number of piperazine rings is 1. The van der Waals surface area contributed by atoms with E-state index in [1.807, 2.05) is 31.2 Å². The molecule has 0 N–H and O–H groups in total. The first-order valence-corrected chi connectivity index (χ1v) is 9.89. The van der Waals surface area contributed by atoms with E-state index in [0.717, 1.165) is 37.6 Å². The molecule has 0 aliphatic carbocycles. The van der Waals surface area contributed by atoms with E-state index in [0.29, 0.717) is 19.6 Å². The second-order valence-corrected chi connectivity index (χ2v) is 6.95. The average molecular weight is 378 g/mol. The summed E-state index contributed by atoms with van der Waals surface area (Å²) >= 11 is 0. The molecule has 2 aromatic rings. The summed E-state index contributed by atoms with van der Waals surface area (Å²) < 4.78 is 5.52. The van der Waals surface area contributed by atoms with Crippen LogP contribution in [0.2, 0.25) is 0 Å². The molecule has 0 atom stereocenters. The first-order valence-electron chi connectivity index (χ1n) is 9.89. The van der Waals surface area contributed by atoms with Crippen LogP contribution >= 0.6 is 0 Å². The Kier molecular flexibility index (Phi) is 5.46. The molecule has 0 spiro atoms. The largest absolute Gasteiger partial charge is 0.494 e. The van der Waals surface area contributed by atoms with Crippen LogP contribution in [-0.2, 0) is 4.79 Å². The zero-order chi connectivity index (χ0) is 19.3. The van der Waals surface area contributed by atoms with Crippen LogP contribution < -0.4 is 19.4 Å². The highest BCUT2D eigenvalue weighted by atomic mass is 16.5. The maximum Gasteiger partial charge on any atom is 0.234 e. The Morgan fingerprint density at radius 2 is 1.39 bits per heavy atom. The van der Waals surface area contributed by atoms with Gasteiger partial charge in [0.05, 0.1) is 12.9 Å². The third-order valence-electron chi connectivity index (χ3n) is 5.21. The van der Waals surface area contributed by atoms with E-state index >= 15 is 0 Å². The Labute approximate surface area is 166 Å². The van der Waals surface area contributed by atoms with Crippen molar-refractivity contribution >= 4 is 29.3 Å². The number of amides is 1. The lowest BCUT2D eigenvalue weighted by Gasteiger charge is -2.37. The summed E-state index contributed by atoms with van der Waals surface area (Å²) in [6.07, 6.45) is 2.11. The van der Waals surface area contributed by atoms with Crippen LogP contribution in [0.25, 0.3) is 0 Å². The minimum atomic E-state index is 0.103. The molecule has 2 heterocycles. The van der Waals surface area contributed by atoms with Crippen LogP contribution in [-0.4, -0.2) is 51.6 Å². The number of ether oxygens (including phenoxy) is 1. The quantitative estimate of drug-likeness (QED) is 0.802. The molecule has 0 radical (unpaired) electrons. The molecule has 6 nitrogen and oxygen atoms in total. The van der Waals surface area contributed by atoms with Crippen LogP contribution in [0.3, 0.4) is 0 Å². The van der Waals surface area contributed by atoms with Gasteiger partial charge in [0.25, 0.3) is 0 Å². The van der Waals surface area contributed by atoms with Gasteiger partial charge in [-0.2, -0.15) is 0 Å². The molecule has 0 saturated carbocycles. The van der Waals surface area contributed by atoms with Crippen LogP contribution in [0.4, 0.5) is 17.1 Å². The SMILES string of the molecule is CCOc1ccc(N2CCN(c3ccc(N4C=NCCC4=O)cc3)CC2)cc1. The molecule has 0 aromatic heterocycles. The molecule has 2 aromatic carbocycles. The summed E-state index contributed by atoms with van der Waals surface area (Å²) in [5.41, 5.74) is 3.31. The van der Waals surface area contributed by atoms with Gasteiger partial charge < -0.3 is 14.5 Å². The fourth-order valence-corrected chi connectivity index (χ4v) is 3.66. The fraction of sp³-hybridized carbons (Fsp3) is 0.364. The predicted molar refractivity (Wildman–Crippen MR) is 114 cm³/mol. The maximum absolute atomic E-state index is 12.0. The Morgan fingerprint density at radius 3 is 1.93 bits per heavy atom. The summed E-state index contributed by atoms with van der Waals surface area (Å²) in [6.45, 7) is 7.17. The molecular weight excluding hydrogens is 352 g/mol. The highest BCUT2D eigenvalue weighted by molar-refractivity contribution is 6.09. The zero-order valence-corrected chi connectivity index (χ0v) is 16.3. The van der Waals surface area contributed by atoms with E-state index in [-0.39, 0.29) is 5.91 Å². The topological polar surface area (TPSA) is 48.4 Å². The average Bonchev–Trinajstić information content (AvgIpc) is 2.75. The van der Waals surface area contributed by atoms with Crippen molar-refractivity contribution in [2.75, 3.05) is 54.0 Å². The van der Waals surface area contributed by atoms with E-state index in [9.17, 15) is 4.79 Å². The summed E-state index contributed by atoms with van der Waals surface area (Å²) in [5.74, 6) is 1.02. The minimum Gasteiger partial charge on any atom is -0.494 e. The zero-order valence-electron chi connectivity index (χ0n) is 16.3. The maximum atomic E-state index is 12.0. The number of rotatable bonds is 5. The highest BCUT2D eigenvalue weighted by Gasteiger charge is 2.19. The number of hydrogen-bond donors (Lipinski definition) is 0. The number of benzene rings is 2. The smallest absolute Gasteiger partial charge is 0.234 e. The van der Waals surface area contributed by atoms with Gasteiger partial charge in [-0.1, -0.05) is 0 Å². The van der Waals surface area contributed by atoms with Crippen molar-refractivity contribution in [1.82, 2.24) is 0 Å². The van der Waals surface area contributed by atoms with E-state index in [1.54, 1.807) is 11.2 Å². The molecule has 1 saturated heterocycles. The molecule has 4 rings (SSSR count). The lowest BCUT2D eigenvalue weighted by Crippen LogP contribution is -2.46. The third kappa shape index (κ3) is 3.96. The monoisotopic (exact) mass is 378 g/mol. The first-order chi connectivity index (χ1) is 13.7. The number of hydrogen-bond acceptors (Lipinski definition) is 5. The predicted octanol–water partition coefficient (Wildman–Crippen LogP) is 3.18. The van der Waals surface area contributed by atoms with Gasteiger partial charge in [0.2, 0.25) is 5.91 Å². The molecular formula is C22H26N4O2. The molecule has 1 amide bonds. The van der Waals surface area contributed by atoms with Gasteiger partial charge in [0.15, 0.2) is 0 Å². The first kappa shape index (κ1) is 18.3. The standard InChI is InChI=1S/C22H26N4O2/c1-2-28-21-9-7-19(8-10-21)25-15-13-24(14-16-25)18-3-5-20(6-4-18)26-17-23-12-11-22(26)27/h3-10,17H,2,11-16H2,1H3. The second kappa shape index (κ2) is 8.33. The normalized spacial score (nSPS) is 17.2. The Bertz CT molecular complexity index is 825. The summed E-state index contributed by atoms with van der Waals surface area (Å²) in [5, 5.41) is 0. The number of anilines is 3. The summed E-state index contributed by atoms with van der Waals surface area (Å²) in [6, 6.07) is 16.5. The van der Waals surface area contributed by atoms with Crippen molar-refractivity contribution in [3.05, 3.63) is 48.5 Å². The Balaban J connectivity index is 1.36. The van der Waals surface area contributed by atoms with Crippen LogP contribution in [0.1, 0.15) is 13.3 Å². The van der Waals surface area contributed by atoms with Crippen molar-refractivity contribution in [2.45, 2.75) is 13.3 Å². The molecule has 0 bridgehead atoms. The molecule has 28 heavy (non-hydrogen) atoms. The van der Waals surface area contributed by atoms with Gasteiger partial charge in [0.1, 0.15) is 5.75 Å². The molecule has 2 aliphatic rings. The van der Waals surface area contributed by atoms with Gasteiger partial charge in [-0.05, 0) is 55.5 Å². The number of aliphatic imine (C=N–C) groups is 1. The van der Waals surface area contributed by atoms with Crippen molar-refractivity contribution in [2.24, 2.45) is 4.99 Å². The van der Waals surface area contributed by atoms with Gasteiger partial charge in [-0.15, -0.1) is 0 Å². The Hall–Kier alpha value is -3.02. The van der Waals surface area contributed by atoms with Gasteiger partial charge in [-0.25, -0.2) is 0 Å². The summed E-state index contributed by atoms with van der Waals surface area (Å²) in [7, 11) is 0. The van der Waals surface area contributed by atoms with Crippen molar-refractivity contribution in [1.29, 1.82) is 0 Å². The molecule has 6 heteroatoms. The van der Waals surface area contributed by atoms with E-state index in [1.165, 1.54) is 11.4 Å². The minimum absolute atomic E-state index is 0.103. The van der Waals surface area contributed by atoms with E-state index in [4.69, 9.17) is 4.74 Å². The molecule has 146 valence electrons. The fourth-order valence-electron chi connectivity index (χ4n) is 3.66. The van der Waals surface area contributed by atoms with E-state index < -0.39 is 0 Å². The van der Waals surface area contributed by atoms with Crippen molar-refractivity contribution < 1.29 is 9.53 Å². The third-order valence-corrected chi connectivity index (χ3v) is 5.21. The van der Waals surface area contributed by atoms with Gasteiger partial charge in [0, 0.05) is 56.2 Å². The van der Waals surface area contributed by atoms with Crippen molar-refractivity contribution in [3.8, 4) is 5.75 Å². The van der Waals surface area contributed by atoms with Crippen LogP contribution in [0, 0.1) is 0 Å². The molecule has 2 aliphatic heterocycles. The molecule has 1 fully saturated rings. The number of carbonyl (C=O) groups excluding carboxylic acids is 1. The van der Waals surface area contributed by atoms with Crippen molar-refractivity contribution in [3.63, 3.8) is 0 Å². The summed E-state index contributed by atoms with van der Waals surface area (Å²) in [4.78, 5) is 22.7. The van der Waals surface area contributed by atoms with Gasteiger partial charge in [-0.3, -0.25) is 14.7 Å². The van der Waals surface area contributed by atoms with Crippen LogP contribution in [0.5, 0.6) is 5.75 Å². The lowest BCUT2D eigenvalue weighted by molar-refractivity contribution is -0.117. The van der Waals surface area contributed by atoms with Crippen LogP contribution in [0.15, 0.2) is 53.5 Å². The van der Waals surface area contributed by atoms with E-state index in [2.05, 4.69) is 39.1 Å². The Morgan fingerprint density at radius 1 is 0.857 bits per heavy atom. The number of nitrogens with zero attached hydrogens (tertiary/aromatic N) is 4. The molecule has 0 unspecified atom stereocenters. The number of carbonyl (C=O) groups is 1. The van der Waals surface area contributed by atoms with Gasteiger partial charge >= 0.3 is 0 Å². The second-order valence-electron chi connectivity index (χ2n) is 6.95. The lowest BCUT2D eigenvalue weighted by atomic mass is 10.2. The highest BCUT2D eigenvalue weighted by Crippen LogP contribution is 2.25.